The van der Waals surface area contributed by atoms with Gasteiger partial charge in [0.2, 0.25) is 0 Å². The lowest BCUT2D eigenvalue weighted by molar-refractivity contribution is -0.385. The summed E-state index contributed by atoms with van der Waals surface area (Å²) >= 11 is 1.43. The number of ether oxygens (including phenoxy) is 4. The number of hydrogen-bond donors (Lipinski definition) is 0. The van der Waals surface area contributed by atoms with Gasteiger partial charge in [-0.05, 0) is 81.8 Å². The van der Waals surface area contributed by atoms with Gasteiger partial charge in [-0.25, -0.2) is 0 Å². The van der Waals surface area contributed by atoms with Crippen LogP contribution in [0.25, 0.3) is 66.1 Å². The van der Waals surface area contributed by atoms with Crippen molar-refractivity contribution in [3.63, 3.8) is 0 Å². The Morgan fingerprint density at radius 1 is 0.600 bits per heavy atom. The van der Waals surface area contributed by atoms with Crippen LogP contribution >= 0.6 is 11.3 Å². The molecule has 0 bridgehead atoms. The van der Waals surface area contributed by atoms with Crippen molar-refractivity contribution >= 4 is 47.0 Å². The molecule has 0 aliphatic heterocycles. The van der Waals surface area contributed by atoms with Crippen molar-refractivity contribution in [2.75, 3.05) is 65.9 Å². The van der Waals surface area contributed by atoms with Crippen molar-refractivity contribution in [3.05, 3.63) is 143 Å². The first-order chi connectivity index (χ1) is 26.8. The molecule has 3 aromatic rings. The molecule has 0 spiro atoms. The summed E-state index contributed by atoms with van der Waals surface area (Å²) in [4.78, 5) is 35.1. The average molecular weight is 775 g/mol. The SMILES string of the molecule is [N-]=[N+]=NCCOCCOCC(N=[N+]=[N-])c1cc(/C=C/c2ccc(/C=C/c3ccc([N+](=O)[O-])c(C(COCCOCCN=[N+]=[N-])N=[N+]=[N-])c3)s2)ccc1[N+](=O)[O-]. The fourth-order valence-corrected chi connectivity index (χ4v) is 5.57. The van der Waals surface area contributed by atoms with Crippen LogP contribution in [0.1, 0.15) is 44.1 Å². The molecule has 0 saturated carbocycles. The summed E-state index contributed by atoms with van der Waals surface area (Å²) in [6, 6.07) is 10.7. The second-order valence-corrected chi connectivity index (χ2v) is 11.9. The number of azide groups is 4. The van der Waals surface area contributed by atoms with Gasteiger partial charge in [0, 0.05) is 65.8 Å². The third-order valence-corrected chi connectivity index (χ3v) is 8.23. The molecule has 55 heavy (non-hydrogen) atoms. The molecule has 0 N–H and O–H groups in total. The predicted octanol–water partition coefficient (Wildman–Crippen LogP) is 9.30. The average Bonchev–Trinajstić information content (AvgIpc) is 3.65. The summed E-state index contributed by atoms with van der Waals surface area (Å²) < 4.78 is 21.6. The lowest BCUT2D eigenvalue weighted by atomic mass is 10.0. The molecule has 1 aromatic heterocycles. The van der Waals surface area contributed by atoms with E-state index >= 15 is 0 Å². The predicted molar refractivity (Wildman–Crippen MR) is 203 cm³/mol. The van der Waals surface area contributed by atoms with Gasteiger partial charge in [-0.2, -0.15) is 0 Å². The summed E-state index contributed by atoms with van der Waals surface area (Å²) in [6.45, 7) is 1.06. The zero-order valence-electron chi connectivity index (χ0n) is 29.1. The molecular formula is C32H34N14O8S. The molecule has 3 rings (SSSR count). The van der Waals surface area contributed by atoms with Crippen LogP contribution in [0, 0.1) is 20.2 Å². The minimum atomic E-state index is -0.989. The van der Waals surface area contributed by atoms with E-state index < -0.39 is 21.9 Å². The van der Waals surface area contributed by atoms with E-state index in [1.54, 1.807) is 36.4 Å². The number of nitro groups is 2. The molecule has 22 nitrogen and oxygen atoms in total. The van der Waals surface area contributed by atoms with Gasteiger partial charge in [0.05, 0.1) is 74.8 Å². The van der Waals surface area contributed by atoms with E-state index in [0.717, 1.165) is 9.75 Å². The fourth-order valence-electron chi connectivity index (χ4n) is 4.75. The van der Waals surface area contributed by atoms with Crippen LogP contribution in [0.4, 0.5) is 11.4 Å². The molecular weight excluding hydrogens is 741 g/mol. The Morgan fingerprint density at radius 2 is 1.02 bits per heavy atom. The zero-order chi connectivity index (χ0) is 39.7. The number of rotatable bonds is 26. The molecule has 1 heterocycles. The molecule has 2 unspecified atom stereocenters. The number of nitro benzene ring substituents is 2. The summed E-state index contributed by atoms with van der Waals surface area (Å²) in [5.41, 5.74) is 36.0. The van der Waals surface area contributed by atoms with Crippen molar-refractivity contribution in [1.82, 2.24) is 0 Å². The maximum absolute atomic E-state index is 11.8. The van der Waals surface area contributed by atoms with Crippen LogP contribution < -0.4 is 0 Å². The fraction of sp³-hybridized carbons (Fsp3) is 0.375. The van der Waals surface area contributed by atoms with Gasteiger partial charge in [0.15, 0.2) is 0 Å². The molecule has 0 fully saturated rings. The Kier molecular flexibility index (Phi) is 19.3. The zero-order valence-corrected chi connectivity index (χ0v) is 29.9. The van der Waals surface area contributed by atoms with Crippen molar-refractivity contribution in [2.24, 2.45) is 20.5 Å². The Balaban J connectivity index is 1.71. The molecule has 23 heteroatoms. The highest BCUT2D eigenvalue weighted by Gasteiger charge is 2.23. The smallest absolute Gasteiger partial charge is 0.273 e. The normalized spacial score (nSPS) is 11.9. The van der Waals surface area contributed by atoms with Gasteiger partial charge < -0.3 is 18.9 Å². The maximum Gasteiger partial charge on any atom is 0.273 e. The van der Waals surface area contributed by atoms with E-state index in [2.05, 4.69) is 40.1 Å². The van der Waals surface area contributed by atoms with E-state index in [0.29, 0.717) is 11.1 Å². The lowest BCUT2D eigenvalue weighted by Gasteiger charge is -2.13. The van der Waals surface area contributed by atoms with Gasteiger partial charge in [0.25, 0.3) is 11.4 Å². The summed E-state index contributed by atoms with van der Waals surface area (Å²) in [5.74, 6) is 0. The third-order valence-electron chi connectivity index (χ3n) is 7.22. The van der Waals surface area contributed by atoms with Gasteiger partial charge in [-0.1, -0.05) is 32.6 Å². The van der Waals surface area contributed by atoms with E-state index in [4.69, 9.17) is 41.1 Å². The number of benzene rings is 2. The second-order valence-electron chi connectivity index (χ2n) is 10.8. The molecule has 0 aliphatic rings. The van der Waals surface area contributed by atoms with Crippen molar-refractivity contribution in [3.8, 4) is 0 Å². The molecule has 0 amide bonds. The van der Waals surface area contributed by atoms with Crippen LogP contribution in [-0.2, 0) is 18.9 Å². The minimum Gasteiger partial charge on any atom is -0.379 e. The van der Waals surface area contributed by atoms with Crippen LogP contribution in [0.5, 0.6) is 0 Å². The standard InChI is InChI=1S/C32H34N14O8S/c33-41-37-11-13-51-15-17-53-21-29(39-43-35)27-19-23(3-9-31(27)45(47)48)1-5-25-7-8-26(55-25)6-2-24-4-10-32(46(49)50)28(20-24)30(40-44-36)22-54-18-16-52-14-12-38-42-34/h1-10,19-20,29-30H,11-18,21-22H2/b5-1+,6-2+. The van der Waals surface area contributed by atoms with Gasteiger partial charge >= 0.3 is 0 Å². The highest BCUT2D eigenvalue weighted by molar-refractivity contribution is 7.13. The van der Waals surface area contributed by atoms with E-state index in [9.17, 15) is 20.2 Å². The molecule has 0 aliphatic carbocycles. The summed E-state index contributed by atoms with van der Waals surface area (Å²) in [6.07, 6.45) is 7.15. The van der Waals surface area contributed by atoms with Crippen LogP contribution in [0.15, 0.2) is 69.0 Å². The first-order valence-electron chi connectivity index (χ1n) is 16.2. The summed E-state index contributed by atoms with van der Waals surface area (Å²) in [5, 5.41) is 37.7. The first kappa shape index (κ1) is 42.9. The molecule has 286 valence electrons. The largest absolute Gasteiger partial charge is 0.379 e. The first-order valence-corrected chi connectivity index (χ1v) is 17.1. The highest BCUT2D eigenvalue weighted by Crippen LogP contribution is 2.32. The Bertz CT molecular complexity index is 1880. The number of thiophene rings is 1. The Hall–Kier alpha value is -6.50. The monoisotopic (exact) mass is 774 g/mol. The Morgan fingerprint density at radius 3 is 1.40 bits per heavy atom. The van der Waals surface area contributed by atoms with Crippen molar-refractivity contribution in [1.29, 1.82) is 0 Å². The number of nitrogens with zero attached hydrogens (tertiary/aromatic N) is 14. The highest BCUT2D eigenvalue weighted by atomic mass is 32.1. The van der Waals surface area contributed by atoms with Crippen molar-refractivity contribution < 1.29 is 28.8 Å². The van der Waals surface area contributed by atoms with Crippen LogP contribution in [-0.4, -0.2) is 75.8 Å². The topological polar surface area (TPSA) is 318 Å². The van der Waals surface area contributed by atoms with E-state index in [1.807, 2.05) is 24.3 Å². The Labute approximate surface area is 316 Å². The minimum absolute atomic E-state index is 0.118. The van der Waals surface area contributed by atoms with Crippen LogP contribution in [0.2, 0.25) is 0 Å². The van der Waals surface area contributed by atoms with Crippen molar-refractivity contribution in [2.45, 2.75) is 12.1 Å². The van der Waals surface area contributed by atoms with E-state index in [-0.39, 0.29) is 88.4 Å². The second kappa shape index (κ2) is 24.7. The quantitative estimate of drug-likeness (QED) is 0.0188. The molecule has 0 radical (unpaired) electrons. The van der Waals surface area contributed by atoms with E-state index in [1.165, 1.54) is 23.5 Å². The summed E-state index contributed by atoms with van der Waals surface area (Å²) in [7, 11) is 0. The van der Waals surface area contributed by atoms with Gasteiger partial charge in [-0.15, -0.1) is 11.3 Å². The third kappa shape index (κ3) is 15.2. The maximum atomic E-state index is 11.8. The van der Waals surface area contributed by atoms with Crippen LogP contribution in [0.3, 0.4) is 0 Å². The molecule has 0 saturated heterocycles. The number of hydrogen-bond acceptors (Lipinski definition) is 13. The van der Waals surface area contributed by atoms with Gasteiger partial charge in [-0.3, -0.25) is 20.2 Å². The molecule has 2 aromatic carbocycles. The molecule has 2 atom stereocenters. The lowest BCUT2D eigenvalue weighted by Crippen LogP contribution is -2.12. The van der Waals surface area contributed by atoms with Gasteiger partial charge in [0.1, 0.15) is 0 Å².